The molecule has 146 valence electrons. The van der Waals surface area contributed by atoms with Gasteiger partial charge in [-0.15, -0.1) is 0 Å². The van der Waals surface area contributed by atoms with Crippen molar-refractivity contribution in [3.8, 4) is 11.3 Å². The maximum atomic E-state index is 8.58. The standard InChI is InChI=1S/C17H20N4O.C2H6.CH3NO/c1-10(18)16-13-6-4-11(8-14(13)21-17(16)20-3)15-7-5-12(22-15)9-19-2;1-2;2-1-3/h4-8,19-21H,1,9,18H2,2-3H3;1-2H3;1H,(H2,2,3). The first kappa shape index (κ1) is 21.9. The van der Waals surface area contributed by atoms with Gasteiger partial charge in [-0.3, -0.25) is 4.79 Å². The monoisotopic (exact) mass is 371 g/mol. The summed E-state index contributed by atoms with van der Waals surface area (Å²) in [5.41, 5.74) is 13.5. The van der Waals surface area contributed by atoms with Crippen molar-refractivity contribution in [1.29, 1.82) is 0 Å². The quantitative estimate of drug-likeness (QED) is 0.441. The summed E-state index contributed by atoms with van der Waals surface area (Å²) in [6.45, 7) is 8.57. The molecule has 27 heavy (non-hydrogen) atoms. The van der Waals surface area contributed by atoms with E-state index in [0.29, 0.717) is 12.2 Å². The summed E-state index contributed by atoms with van der Waals surface area (Å²) in [6.07, 6.45) is 0.250. The van der Waals surface area contributed by atoms with Crippen molar-refractivity contribution in [2.75, 3.05) is 19.4 Å². The fourth-order valence-electron chi connectivity index (χ4n) is 2.67. The van der Waals surface area contributed by atoms with Gasteiger partial charge < -0.3 is 31.5 Å². The Morgan fingerprint density at radius 3 is 2.48 bits per heavy atom. The third-order valence-corrected chi connectivity index (χ3v) is 3.67. The Kier molecular flexibility index (Phi) is 8.68. The average molecular weight is 371 g/mol. The molecule has 7 nitrogen and oxygen atoms in total. The van der Waals surface area contributed by atoms with E-state index in [1.54, 1.807) is 0 Å². The van der Waals surface area contributed by atoms with Crippen molar-refractivity contribution in [2.24, 2.45) is 11.5 Å². The predicted octanol–water partition coefficient (Wildman–Crippen LogP) is 3.25. The highest BCUT2D eigenvalue weighted by Crippen LogP contribution is 2.33. The van der Waals surface area contributed by atoms with E-state index in [4.69, 9.17) is 14.9 Å². The van der Waals surface area contributed by atoms with E-state index in [0.717, 1.165) is 39.4 Å². The molecule has 1 aromatic carbocycles. The van der Waals surface area contributed by atoms with Gasteiger partial charge in [0.05, 0.1) is 6.54 Å². The van der Waals surface area contributed by atoms with E-state index in [9.17, 15) is 0 Å². The Hall–Kier alpha value is -3.19. The zero-order valence-corrected chi connectivity index (χ0v) is 16.3. The lowest BCUT2D eigenvalue weighted by atomic mass is 10.1. The molecule has 0 bridgehead atoms. The minimum absolute atomic E-state index is 0.250. The van der Waals surface area contributed by atoms with Crippen LogP contribution in [-0.4, -0.2) is 25.5 Å². The molecule has 3 aromatic rings. The van der Waals surface area contributed by atoms with Gasteiger partial charge >= 0.3 is 0 Å². The second-order valence-electron chi connectivity index (χ2n) is 5.34. The third kappa shape index (κ3) is 5.15. The Bertz CT molecular complexity index is 880. The molecule has 0 radical (unpaired) electrons. The highest BCUT2D eigenvalue weighted by atomic mass is 16.3. The molecule has 2 heterocycles. The number of aromatic nitrogens is 1. The molecule has 0 saturated heterocycles. The number of fused-ring (bicyclic) bond motifs is 1. The second kappa shape index (κ2) is 10.7. The van der Waals surface area contributed by atoms with Crippen LogP contribution in [0.2, 0.25) is 0 Å². The first-order valence-electron chi connectivity index (χ1n) is 8.73. The lowest BCUT2D eigenvalue weighted by molar-refractivity contribution is -0.106. The van der Waals surface area contributed by atoms with Gasteiger partial charge in [-0.1, -0.05) is 32.6 Å². The number of nitrogens with one attached hydrogen (secondary N) is 3. The van der Waals surface area contributed by atoms with Gasteiger partial charge in [0.15, 0.2) is 0 Å². The zero-order chi connectivity index (χ0) is 20.4. The van der Waals surface area contributed by atoms with E-state index in [1.165, 1.54) is 0 Å². The lowest BCUT2D eigenvalue weighted by Crippen LogP contribution is -2.03. The molecule has 0 atom stereocenters. The van der Waals surface area contributed by atoms with Gasteiger partial charge in [0.2, 0.25) is 6.41 Å². The van der Waals surface area contributed by atoms with Crippen LogP contribution >= 0.6 is 0 Å². The Morgan fingerprint density at radius 2 is 1.93 bits per heavy atom. The highest BCUT2D eigenvalue weighted by molar-refractivity contribution is 5.99. The van der Waals surface area contributed by atoms with Gasteiger partial charge in [-0.05, 0) is 25.2 Å². The maximum absolute atomic E-state index is 8.58. The van der Waals surface area contributed by atoms with Gasteiger partial charge in [0, 0.05) is 34.8 Å². The van der Waals surface area contributed by atoms with Gasteiger partial charge in [-0.2, -0.15) is 0 Å². The molecule has 7 heteroatoms. The van der Waals surface area contributed by atoms with Crippen LogP contribution in [0.5, 0.6) is 0 Å². The number of benzene rings is 1. The van der Waals surface area contributed by atoms with Crippen LogP contribution in [0.15, 0.2) is 41.3 Å². The van der Waals surface area contributed by atoms with Gasteiger partial charge in [0.25, 0.3) is 0 Å². The van der Waals surface area contributed by atoms with E-state index >= 15 is 0 Å². The molecule has 0 unspecified atom stereocenters. The van der Waals surface area contributed by atoms with Crippen LogP contribution in [0, 0.1) is 0 Å². The Labute approximate surface area is 159 Å². The van der Waals surface area contributed by atoms with Gasteiger partial charge in [0.1, 0.15) is 17.3 Å². The number of anilines is 1. The van der Waals surface area contributed by atoms with Crippen molar-refractivity contribution in [3.63, 3.8) is 0 Å². The molecule has 0 spiro atoms. The average Bonchev–Trinajstić information content (AvgIpc) is 3.27. The molecule has 0 aliphatic carbocycles. The highest BCUT2D eigenvalue weighted by Gasteiger charge is 2.13. The normalized spacial score (nSPS) is 9.63. The zero-order valence-electron chi connectivity index (χ0n) is 16.3. The number of primary amides is 1. The number of carbonyl (C=O) groups is 1. The van der Waals surface area contributed by atoms with Crippen LogP contribution in [0.1, 0.15) is 25.2 Å². The summed E-state index contributed by atoms with van der Waals surface area (Å²) in [5, 5.41) is 7.24. The van der Waals surface area contributed by atoms with Crippen LogP contribution < -0.4 is 22.1 Å². The number of hydrogen-bond donors (Lipinski definition) is 5. The summed E-state index contributed by atoms with van der Waals surface area (Å²) in [4.78, 5) is 11.9. The molecule has 1 amide bonds. The molecule has 0 aliphatic heterocycles. The Morgan fingerprint density at radius 1 is 1.26 bits per heavy atom. The number of aromatic amines is 1. The molecule has 2 aromatic heterocycles. The van der Waals surface area contributed by atoms with Crippen LogP contribution in [0.4, 0.5) is 5.82 Å². The molecule has 3 rings (SSSR count). The molecule has 0 fully saturated rings. The topological polar surface area (TPSA) is 122 Å². The summed E-state index contributed by atoms with van der Waals surface area (Å²) >= 11 is 0. The first-order chi connectivity index (χ1) is 13.0. The van der Waals surface area contributed by atoms with Crippen LogP contribution in [-0.2, 0) is 11.3 Å². The van der Waals surface area contributed by atoms with E-state index in [2.05, 4.69) is 34.0 Å². The number of amides is 1. The summed E-state index contributed by atoms with van der Waals surface area (Å²) in [5.74, 6) is 2.63. The summed E-state index contributed by atoms with van der Waals surface area (Å²) < 4.78 is 5.84. The molecule has 0 aliphatic rings. The van der Waals surface area contributed by atoms with E-state index in [-0.39, 0.29) is 6.41 Å². The number of rotatable bonds is 5. The second-order valence-corrected chi connectivity index (χ2v) is 5.34. The third-order valence-electron chi connectivity index (χ3n) is 3.67. The predicted molar refractivity (Wildman–Crippen MR) is 113 cm³/mol. The van der Waals surface area contributed by atoms with Crippen molar-refractivity contribution >= 4 is 28.8 Å². The molecule has 7 N–H and O–H groups in total. The van der Waals surface area contributed by atoms with Crippen LogP contribution in [0.25, 0.3) is 27.9 Å². The minimum Gasteiger partial charge on any atom is -0.460 e. The number of hydrogen-bond acceptors (Lipinski definition) is 5. The number of carbonyl (C=O) groups excluding carboxylic acids is 1. The number of H-pyrrole nitrogens is 1. The first-order valence-corrected chi connectivity index (χ1v) is 8.73. The summed E-state index contributed by atoms with van der Waals surface area (Å²) in [7, 11) is 3.75. The van der Waals surface area contributed by atoms with Gasteiger partial charge in [-0.25, -0.2) is 0 Å². The van der Waals surface area contributed by atoms with Crippen molar-refractivity contribution in [3.05, 3.63) is 48.2 Å². The number of furan rings is 1. The fourth-order valence-corrected chi connectivity index (χ4v) is 2.67. The van der Waals surface area contributed by atoms with Crippen LogP contribution in [0.3, 0.4) is 0 Å². The lowest BCUT2D eigenvalue weighted by Gasteiger charge is -2.02. The molecular weight excluding hydrogens is 342 g/mol. The van der Waals surface area contributed by atoms with Crippen molar-refractivity contribution < 1.29 is 9.21 Å². The van der Waals surface area contributed by atoms with E-state index < -0.39 is 0 Å². The number of nitrogens with two attached hydrogens (primary N) is 2. The summed E-state index contributed by atoms with van der Waals surface area (Å²) in [6, 6.07) is 10.1. The van der Waals surface area contributed by atoms with Crippen molar-refractivity contribution in [1.82, 2.24) is 10.3 Å². The maximum Gasteiger partial charge on any atom is 0.204 e. The molecular formula is C20H29N5O2. The molecule has 0 saturated carbocycles. The SMILES string of the molecule is C=C(N)c1c(NC)[nH]c2cc(-c3ccc(CNC)o3)ccc12.CC.NC=O. The fraction of sp³-hybridized carbons (Fsp3) is 0.250. The van der Waals surface area contributed by atoms with E-state index in [1.807, 2.05) is 52.2 Å². The largest absolute Gasteiger partial charge is 0.460 e. The minimum atomic E-state index is 0.250. The van der Waals surface area contributed by atoms with Crippen molar-refractivity contribution in [2.45, 2.75) is 20.4 Å². The smallest absolute Gasteiger partial charge is 0.204 e. The Balaban J connectivity index is 0.000000665.